The van der Waals surface area contributed by atoms with Crippen molar-refractivity contribution in [1.29, 1.82) is 0 Å². The fourth-order valence-electron chi connectivity index (χ4n) is 4.02. The number of amides is 2. The molecule has 0 radical (unpaired) electrons. The number of carbonyl (C=O) groups excluding carboxylic acids is 2. The minimum absolute atomic E-state index is 0.0394. The molecule has 28 heavy (non-hydrogen) atoms. The number of anilines is 1. The molecule has 1 aliphatic carbocycles. The fourth-order valence-corrected chi connectivity index (χ4v) is 4.02. The Labute approximate surface area is 165 Å². The molecule has 0 aromatic heterocycles. The second-order valence-corrected chi connectivity index (χ2v) is 7.78. The van der Waals surface area contributed by atoms with Gasteiger partial charge in [-0.3, -0.25) is 9.59 Å². The third-order valence-corrected chi connectivity index (χ3v) is 5.89. The number of para-hydroxylation sites is 1. The van der Waals surface area contributed by atoms with Crippen molar-refractivity contribution < 1.29 is 14.3 Å². The van der Waals surface area contributed by atoms with E-state index in [0.29, 0.717) is 12.5 Å². The molecule has 0 spiro atoms. The Morgan fingerprint density at radius 2 is 1.89 bits per heavy atom. The molecule has 1 N–H and O–H groups in total. The van der Waals surface area contributed by atoms with Gasteiger partial charge in [-0.1, -0.05) is 30.3 Å². The molecular weight excluding hydrogens is 352 g/mol. The lowest BCUT2D eigenvalue weighted by Gasteiger charge is -2.35. The van der Waals surface area contributed by atoms with Gasteiger partial charge < -0.3 is 15.0 Å². The molecule has 1 saturated carbocycles. The maximum absolute atomic E-state index is 13.6. The summed E-state index contributed by atoms with van der Waals surface area (Å²) in [6, 6.07) is 15.6. The van der Waals surface area contributed by atoms with Crippen molar-refractivity contribution in [2.75, 3.05) is 12.4 Å². The summed E-state index contributed by atoms with van der Waals surface area (Å²) in [5.74, 6) is 0.868. The SMILES string of the molecule is COc1ccc(CN(C(=O)C2CC(=O)Nc3ccccc32)C(C)C2CC2)cc1. The van der Waals surface area contributed by atoms with E-state index in [9.17, 15) is 9.59 Å². The molecule has 2 unspecified atom stereocenters. The summed E-state index contributed by atoms with van der Waals surface area (Å²) in [7, 11) is 1.64. The molecule has 2 aromatic carbocycles. The first-order valence-electron chi connectivity index (χ1n) is 9.89. The fraction of sp³-hybridized carbons (Fsp3) is 0.391. The van der Waals surface area contributed by atoms with Crippen molar-refractivity contribution in [2.45, 2.75) is 44.7 Å². The Hall–Kier alpha value is -2.82. The highest BCUT2D eigenvalue weighted by Crippen LogP contribution is 2.39. The van der Waals surface area contributed by atoms with E-state index in [4.69, 9.17) is 4.74 Å². The molecule has 2 amide bonds. The number of hydrogen-bond acceptors (Lipinski definition) is 3. The normalized spacial score (nSPS) is 19.4. The number of fused-ring (bicyclic) bond motifs is 1. The van der Waals surface area contributed by atoms with Crippen LogP contribution in [0.1, 0.15) is 43.2 Å². The van der Waals surface area contributed by atoms with Crippen LogP contribution >= 0.6 is 0 Å². The monoisotopic (exact) mass is 378 g/mol. The van der Waals surface area contributed by atoms with Crippen LogP contribution in [-0.2, 0) is 16.1 Å². The van der Waals surface area contributed by atoms with Gasteiger partial charge in [0.25, 0.3) is 0 Å². The van der Waals surface area contributed by atoms with Crippen molar-refractivity contribution in [3.63, 3.8) is 0 Å². The summed E-state index contributed by atoms with van der Waals surface area (Å²) >= 11 is 0. The Balaban J connectivity index is 1.62. The van der Waals surface area contributed by atoms with E-state index < -0.39 is 5.92 Å². The van der Waals surface area contributed by atoms with Crippen LogP contribution in [0, 0.1) is 5.92 Å². The van der Waals surface area contributed by atoms with E-state index in [-0.39, 0.29) is 24.3 Å². The standard InChI is InChI=1S/C23H26N2O3/c1-15(17-9-10-17)25(14-16-7-11-18(28-2)12-8-16)23(27)20-13-22(26)24-21-6-4-3-5-19(20)21/h3-8,11-12,15,17,20H,9-10,13-14H2,1-2H3,(H,24,26). The van der Waals surface area contributed by atoms with Gasteiger partial charge >= 0.3 is 0 Å². The van der Waals surface area contributed by atoms with Crippen LogP contribution in [0.25, 0.3) is 0 Å². The Morgan fingerprint density at radius 3 is 2.57 bits per heavy atom. The minimum atomic E-state index is -0.426. The predicted octanol–water partition coefficient (Wildman–Crippen LogP) is 3.95. The smallest absolute Gasteiger partial charge is 0.231 e. The molecule has 1 fully saturated rings. The summed E-state index contributed by atoms with van der Waals surface area (Å²) in [6.45, 7) is 2.68. The quantitative estimate of drug-likeness (QED) is 0.828. The highest BCUT2D eigenvalue weighted by atomic mass is 16.5. The summed E-state index contributed by atoms with van der Waals surface area (Å²) < 4.78 is 5.24. The lowest BCUT2D eigenvalue weighted by molar-refractivity contribution is -0.137. The number of nitrogens with zero attached hydrogens (tertiary/aromatic N) is 1. The van der Waals surface area contributed by atoms with E-state index in [2.05, 4.69) is 12.2 Å². The van der Waals surface area contributed by atoms with Crippen LogP contribution in [-0.4, -0.2) is 29.9 Å². The molecule has 2 aromatic rings. The lowest BCUT2D eigenvalue weighted by atomic mass is 9.88. The second kappa shape index (κ2) is 7.66. The highest BCUT2D eigenvalue weighted by Gasteiger charge is 2.39. The first-order valence-corrected chi connectivity index (χ1v) is 9.89. The van der Waals surface area contributed by atoms with Gasteiger partial charge in [0.05, 0.1) is 13.0 Å². The van der Waals surface area contributed by atoms with Crippen LogP contribution in [0.2, 0.25) is 0 Å². The Kier molecular flexibility index (Phi) is 5.07. The number of benzene rings is 2. The van der Waals surface area contributed by atoms with Crippen LogP contribution in [0.4, 0.5) is 5.69 Å². The molecule has 4 rings (SSSR count). The topological polar surface area (TPSA) is 58.6 Å². The van der Waals surface area contributed by atoms with E-state index in [1.807, 2.05) is 53.4 Å². The lowest BCUT2D eigenvalue weighted by Crippen LogP contribution is -2.44. The van der Waals surface area contributed by atoms with E-state index >= 15 is 0 Å². The maximum atomic E-state index is 13.6. The molecule has 5 nitrogen and oxygen atoms in total. The molecular formula is C23H26N2O3. The van der Waals surface area contributed by atoms with Gasteiger partial charge in [-0.05, 0) is 55.0 Å². The van der Waals surface area contributed by atoms with Gasteiger partial charge in [-0.25, -0.2) is 0 Å². The molecule has 0 bridgehead atoms. The first kappa shape index (κ1) is 18.5. The van der Waals surface area contributed by atoms with E-state index in [1.165, 1.54) is 0 Å². The zero-order valence-electron chi connectivity index (χ0n) is 16.4. The number of carbonyl (C=O) groups is 2. The molecule has 2 aliphatic rings. The van der Waals surface area contributed by atoms with Crippen LogP contribution < -0.4 is 10.1 Å². The Morgan fingerprint density at radius 1 is 1.18 bits per heavy atom. The minimum Gasteiger partial charge on any atom is -0.497 e. The van der Waals surface area contributed by atoms with Gasteiger partial charge in [-0.2, -0.15) is 0 Å². The van der Waals surface area contributed by atoms with E-state index in [0.717, 1.165) is 35.4 Å². The number of rotatable bonds is 6. The molecule has 2 atom stereocenters. The van der Waals surface area contributed by atoms with Crippen LogP contribution in [0.5, 0.6) is 5.75 Å². The Bertz CT molecular complexity index is 874. The molecule has 0 saturated heterocycles. The number of hydrogen-bond donors (Lipinski definition) is 1. The van der Waals surface area contributed by atoms with Crippen LogP contribution in [0.15, 0.2) is 48.5 Å². The average Bonchev–Trinajstić information content (AvgIpc) is 3.56. The van der Waals surface area contributed by atoms with Gasteiger partial charge in [0.15, 0.2) is 0 Å². The zero-order chi connectivity index (χ0) is 19.7. The van der Waals surface area contributed by atoms with Crippen molar-refractivity contribution in [2.24, 2.45) is 5.92 Å². The van der Waals surface area contributed by atoms with Gasteiger partial charge in [0, 0.05) is 24.7 Å². The largest absolute Gasteiger partial charge is 0.497 e. The van der Waals surface area contributed by atoms with Crippen molar-refractivity contribution in [1.82, 2.24) is 4.90 Å². The summed E-state index contributed by atoms with van der Waals surface area (Å²) in [5.41, 5.74) is 2.73. The molecule has 5 heteroatoms. The molecule has 146 valence electrons. The predicted molar refractivity (Wildman–Crippen MR) is 108 cm³/mol. The summed E-state index contributed by atoms with van der Waals surface area (Å²) in [6.07, 6.45) is 2.52. The third-order valence-electron chi connectivity index (χ3n) is 5.89. The first-order chi connectivity index (χ1) is 13.6. The number of methoxy groups -OCH3 is 1. The van der Waals surface area contributed by atoms with Crippen LogP contribution in [0.3, 0.4) is 0 Å². The zero-order valence-corrected chi connectivity index (χ0v) is 16.4. The van der Waals surface area contributed by atoms with Gasteiger partial charge in [0.2, 0.25) is 11.8 Å². The molecule has 1 aliphatic heterocycles. The van der Waals surface area contributed by atoms with Crippen molar-refractivity contribution in [3.8, 4) is 5.75 Å². The summed E-state index contributed by atoms with van der Waals surface area (Å²) in [4.78, 5) is 27.8. The van der Waals surface area contributed by atoms with Gasteiger partial charge in [-0.15, -0.1) is 0 Å². The summed E-state index contributed by atoms with van der Waals surface area (Å²) in [5, 5.41) is 2.89. The van der Waals surface area contributed by atoms with Crippen molar-refractivity contribution >= 4 is 17.5 Å². The highest BCUT2D eigenvalue weighted by molar-refractivity contribution is 6.01. The average molecular weight is 378 g/mol. The van der Waals surface area contributed by atoms with Gasteiger partial charge in [0.1, 0.15) is 5.75 Å². The maximum Gasteiger partial charge on any atom is 0.231 e. The van der Waals surface area contributed by atoms with E-state index in [1.54, 1.807) is 7.11 Å². The third kappa shape index (κ3) is 3.75. The number of nitrogens with one attached hydrogen (secondary N) is 1. The molecule has 1 heterocycles. The number of ether oxygens (including phenoxy) is 1. The second-order valence-electron chi connectivity index (χ2n) is 7.78. The van der Waals surface area contributed by atoms with Crippen molar-refractivity contribution in [3.05, 3.63) is 59.7 Å².